The fourth-order valence-electron chi connectivity index (χ4n) is 3.50. The Hall–Kier alpha value is -2.04. The summed E-state index contributed by atoms with van der Waals surface area (Å²) in [5, 5.41) is 11.5. The number of hydrogen-bond donors (Lipinski definition) is 1. The molecule has 2 unspecified atom stereocenters. The van der Waals surface area contributed by atoms with Crippen LogP contribution in [0.25, 0.3) is 0 Å². The normalized spacial score (nSPS) is 24.1. The minimum Gasteiger partial charge on any atom is -0.389 e. The second-order valence-corrected chi connectivity index (χ2v) is 6.56. The summed E-state index contributed by atoms with van der Waals surface area (Å²) < 4.78 is 0. The second-order valence-electron chi connectivity index (χ2n) is 6.56. The highest BCUT2D eigenvalue weighted by Gasteiger charge is 2.36. The zero-order valence-corrected chi connectivity index (χ0v) is 13.5. The molecule has 0 fully saturated rings. The van der Waals surface area contributed by atoms with Crippen LogP contribution in [-0.4, -0.2) is 10.7 Å². The molecule has 23 heavy (non-hydrogen) atoms. The van der Waals surface area contributed by atoms with Gasteiger partial charge in [0.05, 0.1) is 5.60 Å². The third kappa shape index (κ3) is 4.24. The van der Waals surface area contributed by atoms with Crippen LogP contribution in [-0.2, 0) is 12.8 Å². The lowest BCUT2D eigenvalue weighted by molar-refractivity contribution is -0.0265. The molecule has 3 rings (SSSR count). The summed E-state index contributed by atoms with van der Waals surface area (Å²) in [6.45, 7) is 0. The van der Waals surface area contributed by atoms with Crippen LogP contribution in [0.5, 0.6) is 0 Å². The monoisotopic (exact) mass is 304 g/mol. The molecule has 1 aliphatic carbocycles. The second kappa shape index (κ2) is 7.49. The van der Waals surface area contributed by atoms with E-state index in [1.807, 2.05) is 24.3 Å². The Morgan fingerprint density at radius 2 is 1.57 bits per heavy atom. The van der Waals surface area contributed by atoms with Crippen molar-refractivity contribution in [1.29, 1.82) is 0 Å². The molecule has 0 saturated carbocycles. The molecule has 1 heteroatoms. The van der Waals surface area contributed by atoms with Crippen LogP contribution in [0.3, 0.4) is 0 Å². The van der Waals surface area contributed by atoms with Crippen LogP contribution >= 0.6 is 0 Å². The molecular formula is C22H24O. The van der Waals surface area contributed by atoms with E-state index in [4.69, 9.17) is 0 Å². The summed E-state index contributed by atoms with van der Waals surface area (Å²) in [6, 6.07) is 20.8. The van der Waals surface area contributed by atoms with Crippen molar-refractivity contribution in [3.05, 3.63) is 71.8 Å². The summed E-state index contributed by atoms with van der Waals surface area (Å²) in [4.78, 5) is 0. The van der Waals surface area contributed by atoms with Gasteiger partial charge in [-0.15, -0.1) is 11.8 Å². The Morgan fingerprint density at radius 3 is 2.26 bits per heavy atom. The van der Waals surface area contributed by atoms with Crippen molar-refractivity contribution in [2.45, 2.75) is 44.1 Å². The Kier molecular flexibility index (Phi) is 5.16. The van der Waals surface area contributed by atoms with Gasteiger partial charge in [-0.2, -0.15) is 0 Å². The smallest absolute Gasteiger partial charge is 0.0728 e. The molecule has 1 aliphatic rings. The van der Waals surface area contributed by atoms with E-state index in [1.165, 1.54) is 11.1 Å². The van der Waals surface area contributed by atoms with Crippen molar-refractivity contribution in [1.82, 2.24) is 0 Å². The van der Waals surface area contributed by atoms with E-state index in [9.17, 15) is 5.11 Å². The van der Waals surface area contributed by atoms with Crippen LogP contribution in [0.15, 0.2) is 60.7 Å². The van der Waals surface area contributed by atoms with E-state index < -0.39 is 5.60 Å². The van der Waals surface area contributed by atoms with Crippen molar-refractivity contribution in [2.24, 2.45) is 5.92 Å². The maximum absolute atomic E-state index is 11.5. The minimum atomic E-state index is -0.674. The minimum absolute atomic E-state index is 0.179. The average molecular weight is 304 g/mol. The van der Waals surface area contributed by atoms with E-state index >= 15 is 0 Å². The van der Waals surface area contributed by atoms with Crippen molar-refractivity contribution in [3.8, 4) is 11.8 Å². The lowest BCUT2D eigenvalue weighted by Crippen LogP contribution is -2.41. The fourth-order valence-corrected chi connectivity index (χ4v) is 3.50. The molecule has 0 saturated heterocycles. The third-order valence-corrected chi connectivity index (χ3v) is 4.82. The van der Waals surface area contributed by atoms with Crippen molar-refractivity contribution in [3.63, 3.8) is 0 Å². The molecule has 0 bridgehead atoms. The van der Waals surface area contributed by atoms with Crippen molar-refractivity contribution in [2.75, 3.05) is 0 Å². The highest BCUT2D eigenvalue weighted by atomic mass is 16.3. The van der Waals surface area contributed by atoms with Gasteiger partial charge in [-0.25, -0.2) is 0 Å². The first-order chi connectivity index (χ1) is 11.3. The molecule has 0 radical (unpaired) electrons. The predicted molar refractivity (Wildman–Crippen MR) is 95.0 cm³/mol. The van der Waals surface area contributed by atoms with Gasteiger partial charge in [0.15, 0.2) is 0 Å². The SMILES string of the molecule is OC1(Cc2ccccc2)CCCC#CCC1Cc1ccccc1. The first-order valence-electron chi connectivity index (χ1n) is 8.52. The number of rotatable bonds is 4. The quantitative estimate of drug-likeness (QED) is 0.830. The van der Waals surface area contributed by atoms with Gasteiger partial charge in [0, 0.05) is 25.2 Å². The highest BCUT2D eigenvalue weighted by molar-refractivity contribution is 5.21. The average Bonchev–Trinajstić information content (AvgIpc) is 2.57. The van der Waals surface area contributed by atoms with Crippen molar-refractivity contribution < 1.29 is 5.11 Å². The number of hydrogen-bond acceptors (Lipinski definition) is 1. The maximum Gasteiger partial charge on any atom is 0.0728 e. The Bertz CT molecular complexity index is 665. The largest absolute Gasteiger partial charge is 0.389 e. The van der Waals surface area contributed by atoms with E-state index in [0.29, 0.717) is 6.42 Å². The molecule has 2 atom stereocenters. The number of benzene rings is 2. The molecule has 2 aromatic carbocycles. The lowest BCUT2D eigenvalue weighted by atomic mass is 9.73. The molecule has 0 amide bonds. The molecule has 0 aromatic heterocycles. The van der Waals surface area contributed by atoms with E-state index in [2.05, 4.69) is 48.2 Å². The standard InChI is InChI=1S/C22H24O/c23-22(18-20-13-7-4-8-14-20)16-10-2-1-9-15-21(22)17-19-11-5-3-6-12-19/h3-8,11-14,21,23H,2,10,15-18H2. The lowest BCUT2D eigenvalue weighted by Gasteiger charge is -2.37. The van der Waals surface area contributed by atoms with Crippen LogP contribution in [0.2, 0.25) is 0 Å². The van der Waals surface area contributed by atoms with Gasteiger partial charge in [0.1, 0.15) is 0 Å². The molecule has 1 nitrogen and oxygen atoms in total. The van der Waals surface area contributed by atoms with Gasteiger partial charge in [-0.3, -0.25) is 0 Å². The van der Waals surface area contributed by atoms with E-state index in [-0.39, 0.29) is 5.92 Å². The first kappa shape index (κ1) is 15.8. The molecule has 118 valence electrons. The van der Waals surface area contributed by atoms with Gasteiger partial charge < -0.3 is 5.11 Å². The molecule has 0 aliphatic heterocycles. The molecule has 1 N–H and O–H groups in total. The third-order valence-electron chi connectivity index (χ3n) is 4.82. The molecule has 0 heterocycles. The van der Waals surface area contributed by atoms with Gasteiger partial charge in [-0.1, -0.05) is 60.7 Å². The van der Waals surface area contributed by atoms with E-state index in [0.717, 1.165) is 32.1 Å². The van der Waals surface area contributed by atoms with Crippen LogP contribution in [0.1, 0.15) is 36.8 Å². The van der Waals surface area contributed by atoms with Gasteiger partial charge >= 0.3 is 0 Å². The predicted octanol–water partition coefficient (Wildman–Crippen LogP) is 4.40. The van der Waals surface area contributed by atoms with Gasteiger partial charge in [-0.05, 0) is 30.4 Å². The zero-order chi connectivity index (χ0) is 16.0. The summed E-state index contributed by atoms with van der Waals surface area (Å²) >= 11 is 0. The molecule has 0 spiro atoms. The summed E-state index contributed by atoms with van der Waals surface area (Å²) in [5.41, 5.74) is 1.82. The van der Waals surface area contributed by atoms with Crippen LogP contribution in [0, 0.1) is 17.8 Å². The first-order valence-corrected chi connectivity index (χ1v) is 8.52. The summed E-state index contributed by atoms with van der Waals surface area (Å²) in [7, 11) is 0. The summed E-state index contributed by atoms with van der Waals surface area (Å²) in [6.07, 6.45) is 5.08. The molecule has 2 aromatic rings. The van der Waals surface area contributed by atoms with Crippen LogP contribution in [0.4, 0.5) is 0 Å². The zero-order valence-electron chi connectivity index (χ0n) is 13.5. The topological polar surface area (TPSA) is 20.2 Å². The van der Waals surface area contributed by atoms with E-state index in [1.54, 1.807) is 0 Å². The Balaban J connectivity index is 1.84. The van der Waals surface area contributed by atoms with Crippen LogP contribution < -0.4 is 0 Å². The van der Waals surface area contributed by atoms with Gasteiger partial charge in [0.25, 0.3) is 0 Å². The number of aliphatic hydroxyl groups is 1. The Morgan fingerprint density at radius 1 is 0.913 bits per heavy atom. The molecular weight excluding hydrogens is 280 g/mol. The Labute approximate surface area is 139 Å². The fraction of sp³-hybridized carbons (Fsp3) is 0.364. The highest BCUT2D eigenvalue weighted by Crippen LogP contribution is 2.34. The summed E-state index contributed by atoms with van der Waals surface area (Å²) in [5.74, 6) is 6.71. The van der Waals surface area contributed by atoms with Crippen molar-refractivity contribution >= 4 is 0 Å². The maximum atomic E-state index is 11.5. The van der Waals surface area contributed by atoms with Gasteiger partial charge in [0.2, 0.25) is 0 Å².